The zero-order chi connectivity index (χ0) is 13.0. The van der Waals surface area contributed by atoms with Crippen molar-refractivity contribution in [3.05, 3.63) is 24.3 Å². The van der Waals surface area contributed by atoms with Gasteiger partial charge in [-0.25, -0.2) is 9.97 Å². The summed E-state index contributed by atoms with van der Waals surface area (Å²) in [5, 5.41) is 3.42. The molecule has 2 atom stereocenters. The van der Waals surface area contributed by atoms with E-state index in [2.05, 4.69) is 39.2 Å². The molecule has 0 bridgehead atoms. The molecule has 1 N–H and O–H groups in total. The molecule has 0 radical (unpaired) electrons. The molecule has 2 rings (SSSR count). The zero-order valence-electron chi connectivity index (χ0n) is 11.5. The van der Waals surface area contributed by atoms with Crippen LogP contribution in [-0.4, -0.2) is 66.6 Å². The normalized spacial score (nSPS) is 24.7. The first-order valence-electron chi connectivity index (χ1n) is 6.53. The Morgan fingerprint density at radius 1 is 1.28 bits per heavy atom. The Bertz CT molecular complexity index is 356. The third-order valence-electron chi connectivity index (χ3n) is 3.75. The fourth-order valence-electron chi connectivity index (χ4n) is 2.72. The summed E-state index contributed by atoms with van der Waals surface area (Å²) in [5.41, 5.74) is 1.16. The quantitative estimate of drug-likeness (QED) is 0.838. The van der Waals surface area contributed by atoms with Crippen LogP contribution >= 0.6 is 0 Å². The summed E-state index contributed by atoms with van der Waals surface area (Å²) >= 11 is 0. The van der Waals surface area contributed by atoms with E-state index in [1.54, 1.807) is 6.33 Å². The van der Waals surface area contributed by atoms with Crippen molar-refractivity contribution in [1.29, 1.82) is 0 Å². The van der Waals surface area contributed by atoms with E-state index in [9.17, 15) is 0 Å². The first-order valence-corrected chi connectivity index (χ1v) is 6.53. The van der Waals surface area contributed by atoms with Crippen molar-refractivity contribution in [2.24, 2.45) is 0 Å². The van der Waals surface area contributed by atoms with Gasteiger partial charge in [-0.05, 0) is 40.7 Å². The van der Waals surface area contributed by atoms with Crippen LogP contribution in [0.1, 0.15) is 18.0 Å². The predicted molar refractivity (Wildman–Crippen MR) is 72.4 cm³/mol. The molecule has 5 heteroatoms. The molecular formula is C13H23N5. The molecule has 0 aromatic carbocycles. The van der Waals surface area contributed by atoms with E-state index in [1.807, 2.05) is 19.4 Å². The lowest BCUT2D eigenvalue weighted by atomic mass is 10.0. The molecule has 0 aliphatic carbocycles. The van der Waals surface area contributed by atoms with Gasteiger partial charge in [-0.2, -0.15) is 0 Å². The SMILES string of the molecule is CNC(c1cncnc1)C1CN(C)CCCN1C. The van der Waals surface area contributed by atoms with E-state index in [0.29, 0.717) is 6.04 Å². The summed E-state index contributed by atoms with van der Waals surface area (Å²) in [5.74, 6) is 0. The number of nitrogens with zero attached hydrogens (tertiary/aromatic N) is 4. The highest BCUT2D eigenvalue weighted by molar-refractivity contribution is 5.13. The highest BCUT2D eigenvalue weighted by atomic mass is 15.2. The highest BCUT2D eigenvalue weighted by Crippen LogP contribution is 2.21. The Balaban J connectivity index is 2.19. The van der Waals surface area contributed by atoms with Crippen LogP contribution < -0.4 is 5.32 Å². The average Bonchev–Trinajstić information content (AvgIpc) is 2.54. The maximum absolute atomic E-state index is 4.13. The van der Waals surface area contributed by atoms with E-state index in [-0.39, 0.29) is 6.04 Å². The molecule has 0 amide bonds. The third kappa shape index (κ3) is 3.04. The Labute approximate surface area is 109 Å². The van der Waals surface area contributed by atoms with Crippen LogP contribution in [0.5, 0.6) is 0 Å². The van der Waals surface area contributed by atoms with E-state index < -0.39 is 0 Å². The molecule has 1 aromatic rings. The number of aromatic nitrogens is 2. The second kappa shape index (κ2) is 6.22. The molecule has 1 aliphatic heterocycles. The van der Waals surface area contributed by atoms with E-state index in [1.165, 1.54) is 13.0 Å². The molecular weight excluding hydrogens is 226 g/mol. The second-order valence-corrected chi connectivity index (χ2v) is 5.10. The van der Waals surface area contributed by atoms with Crippen LogP contribution in [0.4, 0.5) is 0 Å². The Kier molecular flexibility index (Phi) is 4.63. The third-order valence-corrected chi connectivity index (χ3v) is 3.75. The van der Waals surface area contributed by atoms with Gasteiger partial charge in [-0.15, -0.1) is 0 Å². The molecule has 1 aliphatic rings. The van der Waals surface area contributed by atoms with Crippen molar-refractivity contribution in [2.75, 3.05) is 40.8 Å². The minimum absolute atomic E-state index is 0.275. The second-order valence-electron chi connectivity index (χ2n) is 5.10. The fraction of sp³-hybridized carbons (Fsp3) is 0.692. The van der Waals surface area contributed by atoms with Gasteiger partial charge in [0.1, 0.15) is 6.33 Å². The molecule has 18 heavy (non-hydrogen) atoms. The summed E-state index contributed by atoms with van der Waals surface area (Å²) in [6, 6.07) is 0.727. The standard InChI is InChI=1S/C13H23N5/c1-14-13(11-7-15-10-16-8-11)12-9-17(2)5-4-6-18(12)3/h7-8,10,12-14H,4-6,9H2,1-3H3. The van der Waals surface area contributed by atoms with Gasteiger partial charge in [-0.3, -0.25) is 0 Å². The Morgan fingerprint density at radius 3 is 2.67 bits per heavy atom. The summed E-state index contributed by atoms with van der Waals surface area (Å²) in [6.45, 7) is 3.38. The van der Waals surface area contributed by atoms with Crippen molar-refractivity contribution >= 4 is 0 Å². The van der Waals surface area contributed by atoms with E-state index >= 15 is 0 Å². The monoisotopic (exact) mass is 249 g/mol. The Hall–Kier alpha value is -1.04. The predicted octanol–water partition coefficient (Wildman–Crippen LogP) is 0.373. The summed E-state index contributed by atoms with van der Waals surface area (Å²) < 4.78 is 0. The van der Waals surface area contributed by atoms with Gasteiger partial charge in [0.15, 0.2) is 0 Å². The number of likely N-dealkylation sites (N-methyl/N-ethyl adjacent to an activating group) is 3. The van der Waals surface area contributed by atoms with Crippen molar-refractivity contribution in [3.8, 4) is 0 Å². The van der Waals surface area contributed by atoms with Gasteiger partial charge in [0.05, 0.1) is 6.04 Å². The van der Waals surface area contributed by atoms with Crippen LogP contribution in [0, 0.1) is 0 Å². The fourth-order valence-corrected chi connectivity index (χ4v) is 2.72. The summed E-state index contributed by atoms with van der Waals surface area (Å²) in [4.78, 5) is 13.1. The van der Waals surface area contributed by atoms with Gasteiger partial charge in [0.2, 0.25) is 0 Å². The molecule has 2 unspecified atom stereocenters. The molecule has 100 valence electrons. The lowest BCUT2D eigenvalue weighted by Crippen LogP contribution is -2.46. The van der Waals surface area contributed by atoms with Gasteiger partial charge in [0, 0.05) is 30.5 Å². The minimum Gasteiger partial charge on any atom is -0.312 e. The van der Waals surface area contributed by atoms with Crippen LogP contribution in [0.25, 0.3) is 0 Å². The summed E-state index contributed by atoms with van der Waals surface area (Å²) in [7, 11) is 6.41. The molecule has 1 saturated heterocycles. The van der Waals surface area contributed by atoms with Crippen molar-refractivity contribution in [2.45, 2.75) is 18.5 Å². The van der Waals surface area contributed by atoms with Crippen LogP contribution in [-0.2, 0) is 0 Å². The largest absolute Gasteiger partial charge is 0.312 e. The first-order chi connectivity index (χ1) is 8.72. The topological polar surface area (TPSA) is 44.3 Å². The highest BCUT2D eigenvalue weighted by Gasteiger charge is 2.28. The Morgan fingerprint density at radius 2 is 2.00 bits per heavy atom. The number of nitrogens with one attached hydrogen (secondary N) is 1. The first kappa shape index (κ1) is 13.4. The number of hydrogen-bond acceptors (Lipinski definition) is 5. The summed E-state index contributed by atoms with van der Waals surface area (Å²) in [6.07, 6.45) is 6.63. The van der Waals surface area contributed by atoms with Gasteiger partial charge in [0.25, 0.3) is 0 Å². The van der Waals surface area contributed by atoms with Crippen molar-refractivity contribution in [1.82, 2.24) is 25.1 Å². The molecule has 5 nitrogen and oxygen atoms in total. The maximum Gasteiger partial charge on any atom is 0.115 e. The minimum atomic E-state index is 0.275. The molecule has 0 spiro atoms. The van der Waals surface area contributed by atoms with Gasteiger partial charge >= 0.3 is 0 Å². The smallest absolute Gasteiger partial charge is 0.115 e. The molecule has 2 heterocycles. The van der Waals surface area contributed by atoms with Crippen LogP contribution in [0.15, 0.2) is 18.7 Å². The molecule has 1 aromatic heterocycles. The van der Waals surface area contributed by atoms with Crippen LogP contribution in [0.2, 0.25) is 0 Å². The molecule has 1 fully saturated rings. The number of hydrogen-bond donors (Lipinski definition) is 1. The lowest BCUT2D eigenvalue weighted by Gasteiger charge is -2.34. The lowest BCUT2D eigenvalue weighted by molar-refractivity contribution is 0.182. The van der Waals surface area contributed by atoms with Gasteiger partial charge < -0.3 is 15.1 Å². The zero-order valence-corrected chi connectivity index (χ0v) is 11.5. The van der Waals surface area contributed by atoms with Crippen molar-refractivity contribution < 1.29 is 0 Å². The average molecular weight is 249 g/mol. The van der Waals surface area contributed by atoms with Gasteiger partial charge in [-0.1, -0.05) is 0 Å². The van der Waals surface area contributed by atoms with E-state index in [0.717, 1.165) is 18.7 Å². The van der Waals surface area contributed by atoms with Crippen LogP contribution in [0.3, 0.4) is 0 Å². The maximum atomic E-state index is 4.13. The van der Waals surface area contributed by atoms with Crippen molar-refractivity contribution in [3.63, 3.8) is 0 Å². The number of rotatable bonds is 3. The van der Waals surface area contributed by atoms with E-state index in [4.69, 9.17) is 0 Å². The molecule has 0 saturated carbocycles.